The van der Waals surface area contributed by atoms with Gasteiger partial charge in [0.25, 0.3) is 0 Å². The monoisotopic (exact) mass is 934 g/mol. The van der Waals surface area contributed by atoms with Gasteiger partial charge in [-0.15, -0.1) is 0 Å². The molecule has 0 saturated carbocycles. The summed E-state index contributed by atoms with van der Waals surface area (Å²) < 4.78 is 59.2. The zero-order valence-electron chi connectivity index (χ0n) is 39.5. The number of anilines is 3. The van der Waals surface area contributed by atoms with Gasteiger partial charge in [0.2, 0.25) is 11.0 Å². The van der Waals surface area contributed by atoms with Crippen LogP contribution in [0.1, 0.15) is 76.8 Å². The van der Waals surface area contributed by atoms with Crippen LogP contribution in [0.4, 0.5) is 31.4 Å². The standard InChI is InChI=1S/C49H55FN8O8S/c1-29-25-36(52-37(26-29)56(27-31-14-18-33(62-9)19-15-31)28-32-16-20-34(63-10)21-17-32)40-39(50)41-38-43(55-45(54-41)67(11)61)57(23-24-64-44(38)53-40)30(2)35-13-12-22-51-42(35)58(46(59)65-48(3,4)5)47(60)66-49(6,7)8/h12-22,25-26,30H,23-24,27-28H2,1-11H3. The minimum Gasteiger partial charge on any atom is -0.497 e. The van der Waals surface area contributed by atoms with Gasteiger partial charge in [0.15, 0.2) is 11.6 Å². The molecule has 0 bridgehead atoms. The summed E-state index contributed by atoms with van der Waals surface area (Å²) in [6.45, 7) is 14.9. The lowest BCUT2D eigenvalue weighted by atomic mass is 10.1. The summed E-state index contributed by atoms with van der Waals surface area (Å²) in [5, 5.41) is -0.00269. The second-order valence-corrected chi connectivity index (χ2v) is 19.2. The molecule has 2 aromatic carbocycles. The number of hydrogen-bond donors (Lipinski definition) is 0. The van der Waals surface area contributed by atoms with Crippen LogP contribution in [0.3, 0.4) is 0 Å². The van der Waals surface area contributed by atoms with Gasteiger partial charge in [0.1, 0.15) is 57.5 Å². The van der Waals surface area contributed by atoms with Crippen molar-refractivity contribution in [3.63, 3.8) is 0 Å². The molecule has 0 radical (unpaired) electrons. The molecule has 0 spiro atoms. The van der Waals surface area contributed by atoms with Crippen molar-refractivity contribution < 1.29 is 41.9 Å². The topological polar surface area (TPSA) is 172 Å². The van der Waals surface area contributed by atoms with Crippen molar-refractivity contribution in [2.75, 3.05) is 48.3 Å². The third-order valence-corrected chi connectivity index (χ3v) is 11.2. The summed E-state index contributed by atoms with van der Waals surface area (Å²) in [5.74, 6) is 1.35. The number of carbonyl (C=O) groups excluding carboxylic acids is 2. The van der Waals surface area contributed by atoms with Crippen LogP contribution in [-0.2, 0) is 33.4 Å². The Morgan fingerprint density at radius 1 is 0.851 bits per heavy atom. The summed E-state index contributed by atoms with van der Waals surface area (Å²) >= 11 is 0. The normalized spacial score (nSPS) is 13.5. The molecule has 0 fully saturated rings. The number of amides is 2. The molecule has 18 heteroatoms. The lowest BCUT2D eigenvalue weighted by Crippen LogP contribution is -2.45. The van der Waals surface area contributed by atoms with Gasteiger partial charge >= 0.3 is 12.2 Å². The number of aryl methyl sites for hydroxylation is 1. The Hall–Kier alpha value is -6.95. The fourth-order valence-electron chi connectivity index (χ4n) is 7.44. The number of carbonyl (C=O) groups is 2. The van der Waals surface area contributed by atoms with Crippen molar-refractivity contribution in [1.29, 1.82) is 0 Å². The van der Waals surface area contributed by atoms with E-state index in [-0.39, 0.29) is 58.1 Å². The summed E-state index contributed by atoms with van der Waals surface area (Å²) in [6.07, 6.45) is 0.854. The molecule has 5 heterocycles. The molecule has 16 nitrogen and oxygen atoms in total. The third-order valence-electron chi connectivity index (χ3n) is 10.5. The Balaban J connectivity index is 1.34. The van der Waals surface area contributed by atoms with Gasteiger partial charge in [0.05, 0.1) is 43.3 Å². The highest BCUT2D eigenvalue weighted by atomic mass is 32.2. The molecule has 67 heavy (non-hydrogen) atoms. The van der Waals surface area contributed by atoms with Gasteiger partial charge in [-0.1, -0.05) is 30.3 Å². The van der Waals surface area contributed by atoms with Crippen LogP contribution in [0, 0.1) is 12.7 Å². The van der Waals surface area contributed by atoms with Crippen molar-refractivity contribution in [2.24, 2.45) is 0 Å². The summed E-state index contributed by atoms with van der Waals surface area (Å²) in [4.78, 5) is 55.8. The van der Waals surface area contributed by atoms with Crippen LogP contribution >= 0.6 is 0 Å². The predicted octanol–water partition coefficient (Wildman–Crippen LogP) is 9.53. The molecule has 2 atom stereocenters. The van der Waals surface area contributed by atoms with Crippen LogP contribution in [0.25, 0.3) is 22.3 Å². The van der Waals surface area contributed by atoms with Crippen LogP contribution in [0.5, 0.6) is 17.4 Å². The van der Waals surface area contributed by atoms with E-state index in [4.69, 9.17) is 38.6 Å². The average Bonchev–Trinajstić information content (AvgIpc) is 3.45. The fourth-order valence-corrected chi connectivity index (χ4v) is 7.88. The van der Waals surface area contributed by atoms with Gasteiger partial charge in [-0.05, 0) is 115 Å². The highest BCUT2D eigenvalue weighted by Gasteiger charge is 2.38. The quantitative estimate of drug-likeness (QED) is 0.106. The minimum atomic E-state index is -1.78. The first kappa shape index (κ1) is 48.0. The third kappa shape index (κ3) is 11.0. The number of rotatable bonds is 12. The number of aromatic nitrogens is 5. The average molecular weight is 935 g/mol. The molecule has 0 saturated heterocycles. The Labute approximate surface area is 391 Å². The molecule has 7 rings (SSSR count). The maximum Gasteiger partial charge on any atom is 0.425 e. The second-order valence-electron chi connectivity index (χ2n) is 18.0. The zero-order chi connectivity index (χ0) is 48.4. The van der Waals surface area contributed by atoms with E-state index in [1.165, 1.54) is 12.5 Å². The zero-order valence-corrected chi connectivity index (χ0v) is 40.4. The Bertz CT molecular complexity index is 2740. The number of methoxy groups -OCH3 is 2. The molecule has 6 aromatic rings. The SMILES string of the molecule is COc1ccc(CN(Cc2ccc(OC)cc2)c2cc(C)cc(-c3nc4c5c(nc(S(C)=O)nc5c3F)N(C(C)c3cccnc3N(C(=O)OC(C)(C)C)C(=O)OC(C)(C)C)CCO4)n2)cc1. The number of nitrogens with zero attached hydrogens (tertiary/aromatic N) is 8. The van der Waals surface area contributed by atoms with Crippen molar-refractivity contribution in [2.45, 2.75) is 90.9 Å². The summed E-state index contributed by atoms with van der Waals surface area (Å²) in [7, 11) is 1.46. The highest BCUT2D eigenvalue weighted by Crippen LogP contribution is 2.42. The van der Waals surface area contributed by atoms with E-state index in [0.29, 0.717) is 24.5 Å². The number of imide groups is 1. The van der Waals surface area contributed by atoms with Gasteiger partial charge in [0, 0.05) is 31.1 Å². The van der Waals surface area contributed by atoms with Crippen LogP contribution in [0.2, 0.25) is 0 Å². The molecule has 1 aliphatic rings. The van der Waals surface area contributed by atoms with Gasteiger partial charge < -0.3 is 33.5 Å². The summed E-state index contributed by atoms with van der Waals surface area (Å²) in [6, 6.07) is 21.8. The number of pyridine rings is 3. The minimum absolute atomic E-state index is 0.0401. The second kappa shape index (κ2) is 19.5. The molecule has 4 aromatic heterocycles. The van der Waals surface area contributed by atoms with E-state index >= 15 is 4.39 Å². The Kier molecular flexibility index (Phi) is 14.0. The van der Waals surface area contributed by atoms with E-state index < -0.39 is 46.0 Å². The fraction of sp³-hybridized carbons (Fsp3) is 0.367. The number of benzene rings is 2. The van der Waals surface area contributed by atoms with Gasteiger partial charge in [-0.25, -0.2) is 38.9 Å². The molecular weight excluding hydrogens is 880 g/mol. The molecular formula is C49H55FN8O8S. The largest absolute Gasteiger partial charge is 0.497 e. The number of ether oxygens (including phenoxy) is 5. The van der Waals surface area contributed by atoms with Crippen molar-refractivity contribution in [1.82, 2.24) is 24.9 Å². The first-order chi connectivity index (χ1) is 31.7. The van der Waals surface area contributed by atoms with Crippen molar-refractivity contribution in [3.8, 4) is 28.8 Å². The van der Waals surface area contributed by atoms with Gasteiger partial charge in [-0.2, -0.15) is 4.90 Å². The number of halogens is 1. The maximum absolute atomic E-state index is 17.5. The highest BCUT2D eigenvalue weighted by molar-refractivity contribution is 7.84. The molecule has 2 amide bonds. The predicted molar refractivity (Wildman–Crippen MR) is 254 cm³/mol. The van der Waals surface area contributed by atoms with E-state index in [1.807, 2.05) is 68.4 Å². The van der Waals surface area contributed by atoms with Crippen LogP contribution in [0.15, 0.2) is 84.1 Å². The smallest absolute Gasteiger partial charge is 0.425 e. The van der Waals surface area contributed by atoms with E-state index in [0.717, 1.165) is 33.1 Å². The Morgan fingerprint density at radius 3 is 1.97 bits per heavy atom. The van der Waals surface area contributed by atoms with E-state index in [9.17, 15) is 13.8 Å². The molecule has 0 N–H and O–H groups in total. The van der Waals surface area contributed by atoms with E-state index in [2.05, 4.69) is 14.9 Å². The van der Waals surface area contributed by atoms with Gasteiger partial charge in [-0.3, -0.25) is 4.21 Å². The lowest BCUT2D eigenvalue weighted by molar-refractivity contribution is 0.0428. The van der Waals surface area contributed by atoms with Crippen molar-refractivity contribution in [3.05, 3.63) is 107 Å². The lowest BCUT2D eigenvalue weighted by Gasteiger charge is -2.33. The first-order valence-electron chi connectivity index (χ1n) is 21.6. The maximum atomic E-state index is 17.5. The van der Waals surface area contributed by atoms with Crippen molar-refractivity contribution >= 4 is 51.3 Å². The molecule has 352 valence electrons. The molecule has 2 unspecified atom stereocenters. The Morgan fingerprint density at radius 2 is 1.43 bits per heavy atom. The van der Waals surface area contributed by atoms with Crippen LogP contribution in [-0.4, -0.2) is 86.1 Å². The van der Waals surface area contributed by atoms with Crippen LogP contribution < -0.4 is 28.9 Å². The number of hydrogen-bond acceptors (Lipinski definition) is 15. The molecule has 1 aliphatic heterocycles. The first-order valence-corrected chi connectivity index (χ1v) is 23.1. The summed E-state index contributed by atoms with van der Waals surface area (Å²) in [5.41, 5.74) is 1.15. The van der Waals surface area contributed by atoms with E-state index in [1.54, 1.807) is 78.9 Å². The molecule has 0 aliphatic carbocycles.